The van der Waals surface area contributed by atoms with Gasteiger partial charge in [0.15, 0.2) is 5.78 Å². The number of fused-ring (bicyclic) bond motifs is 1. The number of nitrogens with zero attached hydrogens (tertiary/aromatic N) is 2. The minimum Gasteiger partial charge on any atom is -0.481 e. The van der Waals surface area contributed by atoms with Gasteiger partial charge in [-0.2, -0.15) is 5.10 Å². The first-order chi connectivity index (χ1) is 8.52. The lowest BCUT2D eigenvalue weighted by molar-refractivity contribution is -0.117. The molecular weight excluding hydrogens is 236 g/mol. The number of aromatic carboxylic acids is 1. The molecule has 0 saturated carbocycles. The maximum absolute atomic E-state index is 11.1. The van der Waals surface area contributed by atoms with E-state index in [0.29, 0.717) is 16.8 Å². The zero-order chi connectivity index (χ0) is 13.3. The monoisotopic (exact) mass is 248 g/mol. The number of carboxylic acids is 1. The second kappa shape index (κ2) is 4.48. The van der Waals surface area contributed by atoms with E-state index in [1.165, 1.54) is 30.8 Å². The van der Waals surface area contributed by atoms with E-state index in [2.05, 4.69) is 5.10 Å². The highest BCUT2D eigenvalue weighted by Gasteiger charge is 2.14. The third kappa shape index (κ3) is 2.04. The standard InChI is InChI=1S/C12H12N2O4/c1-7(15)6-14-11(18-2)9-4-3-8(12(16)17)5-10(9)13-14/h3-5H,6H2,1-2H3,(H,16,17). The van der Waals surface area contributed by atoms with Crippen molar-refractivity contribution >= 4 is 22.7 Å². The zero-order valence-electron chi connectivity index (χ0n) is 10.0. The van der Waals surface area contributed by atoms with E-state index < -0.39 is 5.97 Å². The number of benzene rings is 1. The fraction of sp³-hybridized carbons (Fsp3) is 0.250. The van der Waals surface area contributed by atoms with Crippen LogP contribution >= 0.6 is 0 Å². The van der Waals surface area contributed by atoms with Crippen LogP contribution in [0.5, 0.6) is 5.88 Å². The summed E-state index contributed by atoms with van der Waals surface area (Å²) in [5.74, 6) is -0.617. The molecule has 0 bridgehead atoms. The van der Waals surface area contributed by atoms with Gasteiger partial charge in [0.05, 0.1) is 23.6 Å². The molecule has 0 atom stereocenters. The molecule has 2 rings (SSSR count). The predicted octanol–water partition coefficient (Wildman–Crippen LogP) is 1.33. The molecule has 0 amide bonds. The number of ketones is 1. The van der Waals surface area contributed by atoms with Crippen molar-refractivity contribution in [1.29, 1.82) is 0 Å². The molecule has 2 aromatic rings. The maximum Gasteiger partial charge on any atom is 0.335 e. The van der Waals surface area contributed by atoms with Crippen LogP contribution < -0.4 is 4.74 Å². The minimum atomic E-state index is -1.02. The van der Waals surface area contributed by atoms with Gasteiger partial charge in [0.2, 0.25) is 5.88 Å². The molecule has 0 aliphatic rings. The first kappa shape index (κ1) is 12.1. The molecule has 1 aromatic heterocycles. The summed E-state index contributed by atoms with van der Waals surface area (Å²) in [4.78, 5) is 22.0. The van der Waals surface area contributed by atoms with Gasteiger partial charge in [-0.05, 0) is 25.1 Å². The Morgan fingerprint density at radius 1 is 1.44 bits per heavy atom. The van der Waals surface area contributed by atoms with Gasteiger partial charge in [0, 0.05) is 0 Å². The summed E-state index contributed by atoms with van der Waals surface area (Å²) in [7, 11) is 1.48. The number of carbonyl (C=O) groups is 2. The van der Waals surface area contributed by atoms with Crippen LogP contribution in [0.2, 0.25) is 0 Å². The fourth-order valence-electron chi connectivity index (χ4n) is 1.78. The van der Waals surface area contributed by atoms with E-state index in [4.69, 9.17) is 9.84 Å². The predicted molar refractivity (Wildman–Crippen MR) is 63.9 cm³/mol. The van der Waals surface area contributed by atoms with Crippen LogP contribution in [-0.4, -0.2) is 33.7 Å². The van der Waals surface area contributed by atoms with Gasteiger partial charge in [-0.15, -0.1) is 0 Å². The lowest BCUT2D eigenvalue weighted by Crippen LogP contribution is -2.09. The smallest absolute Gasteiger partial charge is 0.335 e. The van der Waals surface area contributed by atoms with Crippen LogP contribution in [0.3, 0.4) is 0 Å². The SMILES string of the molecule is COc1c2ccc(C(=O)O)cc2nn1CC(C)=O. The fourth-order valence-corrected chi connectivity index (χ4v) is 1.78. The first-order valence-corrected chi connectivity index (χ1v) is 5.30. The van der Waals surface area contributed by atoms with Crippen LogP contribution in [0.15, 0.2) is 18.2 Å². The maximum atomic E-state index is 11.1. The zero-order valence-corrected chi connectivity index (χ0v) is 10.0. The summed E-state index contributed by atoms with van der Waals surface area (Å²) in [6.45, 7) is 1.55. The van der Waals surface area contributed by atoms with E-state index in [9.17, 15) is 9.59 Å². The van der Waals surface area contributed by atoms with E-state index >= 15 is 0 Å². The Labute approximate surface area is 103 Å². The van der Waals surface area contributed by atoms with Crippen molar-refractivity contribution in [3.63, 3.8) is 0 Å². The molecule has 0 unspecified atom stereocenters. The third-order valence-electron chi connectivity index (χ3n) is 2.50. The van der Waals surface area contributed by atoms with Crippen molar-refractivity contribution < 1.29 is 19.4 Å². The van der Waals surface area contributed by atoms with Crippen molar-refractivity contribution in [3.05, 3.63) is 23.8 Å². The third-order valence-corrected chi connectivity index (χ3v) is 2.50. The highest BCUT2D eigenvalue weighted by Crippen LogP contribution is 2.26. The van der Waals surface area contributed by atoms with Crippen LogP contribution in [0.25, 0.3) is 10.9 Å². The van der Waals surface area contributed by atoms with Crippen LogP contribution in [0.1, 0.15) is 17.3 Å². The summed E-state index contributed by atoms with van der Waals surface area (Å²) in [5, 5.41) is 13.8. The van der Waals surface area contributed by atoms with Crippen molar-refractivity contribution in [2.75, 3.05) is 7.11 Å². The molecule has 94 valence electrons. The molecule has 6 heteroatoms. The molecule has 0 radical (unpaired) electrons. The summed E-state index contributed by atoms with van der Waals surface area (Å²) in [6.07, 6.45) is 0. The Morgan fingerprint density at radius 2 is 2.17 bits per heavy atom. The number of carbonyl (C=O) groups excluding carboxylic acids is 1. The highest BCUT2D eigenvalue weighted by atomic mass is 16.5. The van der Waals surface area contributed by atoms with Gasteiger partial charge in [-0.3, -0.25) is 4.79 Å². The average Bonchev–Trinajstić information content (AvgIpc) is 2.63. The number of methoxy groups -OCH3 is 1. The molecule has 0 fully saturated rings. The number of hydrogen-bond donors (Lipinski definition) is 1. The van der Waals surface area contributed by atoms with Gasteiger partial charge >= 0.3 is 5.97 Å². The summed E-state index contributed by atoms with van der Waals surface area (Å²) in [6, 6.07) is 4.56. The van der Waals surface area contributed by atoms with Crippen molar-refractivity contribution in [2.45, 2.75) is 13.5 Å². The number of rotatable bonds is 4. The molecule has 18 heavy (non-hydrogen) atoms. The Bertz CT molecular complexity index is 630. The number of carboxylic acid groups (broad SMARTS) is 1. The van der Waals surface area contributed by atoms with Gasteiger partial charge in [-0.1, -0.05) is 0 Å². The average molecular weight is 248 g/mol. The van der Waals surface area contributed by atoms with Crippen LogP contribution in [-0.2, 0) is 11.3 Å². The molecule has 1 heterocycles. The topological polar surface area (TPSA) is 81.4 Å². The number of Topliss-reactive ketones (excluding diaryl/α,β-unsaturated/α-hetero) is 1. The van der Waals surface area contributed by atoms with Crippen molar-refractivity contribution in [3.8, 4) is 5.88 Å². The van der Waals surface area contributed by atoms with E-state index in [1.807, 2.05) is 0 Å². The summed E-state index contributed by atoms with van der Waals surface area (Å²) in [5.41, 5.74) is 0.644. The molecule has 1 aromatic carbocycles. The molecule has 0 spiro atoms. The lowest BCUT2D eigenvalue weighted by atomic mass is 10.1. The second-order valence-electron chi connectivity index (χ2n) is 3.91. The first-order valence-electron chi connectivity index (χ1n) is 5.30. The van der Waals surface area contributed by atoms with Gasteiger partial charge in [-0.25, -0.2) is 9.48 Å². The molecule has 0 aliphatic carbocycles. The highest BCUT2D eigenvalue weighted by molar-refractivity contribution is 5.94. The molecular formula is C12H12N2O4. The van der Waals surface area contributed by atoms with Gasteiger partial charge in [0.25, 0.3) is 0 Å². The molecule has 6 nitrogen and oxygen atoms in total. The van der Waals surface area contributed by atoms with Crippen molar-refractivity contribution in [1.82, 2.24) is 9.78 Å². The summed E-state index contributed by atoms with van der Waals surface area (Å²) < 4.78 is 6.63. The number of aromatic nitrogens is 2. The van der Waals surface area contributed by atoms with Crippen molar-refractivity contribution in [2.24, 2.45) is 0 Å². The van der Waals surface area contributed by atoms with Gasteiger partial charge in [0.1, 0.15) is 6.54 Å². The minimum absolute atomic E-state index is 0.0560. The Hall–Kier alpha value is -2.37. The second-order valence-corrected chi connectivity index (χ2v) is 3.91. The van der Waals surface area contributed by atoms with Crippen LogP contribution in [0, 0.1) is 0 Å². The normalized spacial score (nSPS) is 10.6. The van der Waals surface area contributed by atoms with E-state index in [-0.39, 0.29) is 17.9 Å². The quantitative estimate of drug-likeness (QED) is 0.882. The molecule has 1 N–H and O–H groups in total. The largest absolute Gasteiger partial charge is 0.481 e. The Balaban J connectivity index is 2.60. The van der Waals surface area contributed by atoms with Gasteiger partial charge < -0.3 is 9.84 Å². The number of hydrogen-bond acceptors (Lipinski definition) is 4. The molecule has 0 aliphatic heterocycles. The van der Waals surface area contributed by atoms with E-state index in [1.54, 1.807) is 6.07 Å². The van der Waals surface area contributed by atoms with E-state index in [0.717, 1.165) is 0 Å². The Morgan fingerprint density at radius 3 is 2.72 bits per heavy atom. The Kier molecular flexibility index (Phi) is 3.01. The van der Waals surface area contributed by atoms with Crippen LogP contribution in [0.4, 0.5) is 0 Å². The molecule has 0 saturated heterocycles. The summed E-state index contributed by atoms with van der Waals surface area (Å²) >= 11 is 0. The lowest BCUT2D eigenvalue weighted by Gasteiger charge is -2.03. The number of ether oxygens (including phenoxy) is 1.